The van der Waals surface area contributed by atoms with Gasteiger partial charge in [-0.25, -0.2) is 8.42 Å². The minimum Gasteiger partial charge on any atom is -0.342 e. The van der Waals surface area contributed by atoms with Gasteiger partial charge in [0.1, 0.15) is 5.02 Å². The number of nitro benzene ring substituents is 1. The number of hydrogen-bond donors (Lipinski definition) is 0. The molecule has 1 aromatic rings. The van der Waals surface area contributed by atoms with Crippen molar-refractivity contribution in [3.8, 4) is 0 Å². The number of carbonyl (C=O) groups excluding carboxylic acids is 1. The van der Waals surface area contributed by atoms with Crippen LogP contribution in [0.1, 0.15) is 25.7 Å². The van der Waals surface area contributed by atoms with Crippen molar-refractivity contribution in [1.29, 1.82) is 0 Å². The smallest absolute Gasteiger partial charge is 0.289 e. The Bertz CT molecular complexity index is 943. The highest BCUT2D eigenvalue weighted by molar-refractivity contribution is 7.89. The summed E-state index contributed by atoms with van der Waals surface area (Å²) in [5.74, 6) is -0.468. The Morgan fingerprint density at radius 1 is 1.12 bits per heavy atom. The van der Waals surface area contributed by atoms with Gasteiger partial charge >= 0.3 is 0 Å². The molecule has 0 saturated carbocycles. The predicted molar refractivity (Wildman–Crippen MR) is 133 cm³/mol. The minimum absolute atomic E-state index is 0.0282. The second-order valence-electron chi connectivity index (χ2n) is 9.21. The van der Waals surface area contributed by atoms with Crippen LogP contribution in [0, 0.1) is 16.0 Å². The highest BCUT2D eigenvalue weighted by Gasteiger charge is 2.35. The molecule has 1 aromatic carbocycles. The molecule has 10 nitrogen and oxygen atoms in total. The maximum atomic E-state index is 13.4. The summed E-state index contributed by atoms with van der Waals surface area (Å²) in [7, 11) is 3.96. The summed E-state index contributed by atoms with van der Waals surface area (Å²) in [4.78, 5) is 29.7. The number of halogens is 1. The van der Waals surface area contributed by atoms with E-state index in [1.807, 2.05) is 33.1 Å². The van der Waals surface area contributed by atoms with Gasteiger partial charge in [0.25, 0.3) is 5.69 Å². The SMILES string of the molecule is CN(C)CCCN(CCCN(C)C)C(=O)C1CCCN(S(=O)(=O)c2ccc(Cl)c([N+](=O)[O-])c2)C1. The zero-order chi connectivity index (χ0) is 25.5. The second kappa shape index (κ2) is 12.8. The number of piperidine rings is 1. The van der Waals surface area contributed by atoms with Crippen molar-refractivity contribution in [2.24, 2.45) is 5.92 Å². The maximum absolute atomic E-state index is 13.4. The fourth-order valence-electron chi connectivity index (χ4n) is 4.05. The summed E-state index contributed by atoms with van der Waals surface area (Å²) >= 11 is 5.84. The molecule has 2 rings (SSSR count). The molecule has 34 heavy (non-hydrogen) atoms. The number of carbonyl (C=O) groups is 1. The molecule has 1 saturated heterocycles. The van der Waals surface area contributed by atoms with E-state index < -0.39 is 26.6 Å². The van der Waals surface area contributed by atoms with E-state index in [4.69, 9.17) is 11.6 Å². The summed E-state index contributed by atoms with van der Waals surface area (Å²) in [6, 6.07) is 3.47. The molecule has 192 valence electrons. The third-order valence-corrected chi connectivity index (χ3v) is 8.04. The molecule has 1 unspecified atom stereocenters. The Hall–Kier alpha value is -1.79. The molecule has 0 bridgehead atoms. The summed E-state index contributed by atoms with van der Waals surface area (Å²) in [5, 5.41) is 11.1. The zero-order valence-corrected chi connectivity index (χ0v) is 22.0. The number of nitro groups is 1. The van der Waals surface area contributed by atoms with Gasteiger partial charge in [0.2, 0.25) is 15.9 Å². The van der Waals surface area contributed by atoms with E-state index in [2.05, 4.69) is 9.80 Å². The predicted octanol–water partition coefficient (Wildman–Crippen LogP) is 2.38. The number of sulfonamides is 1. The fourth-order valence-corrected chi connectivity index (χ4v) is 5.78. The number of hydrogen-bond acceptors (Lipinski definition) is 7. The van der Waals surface area contributed by atoms with Crippen LogP contribution in [0.3, 0.4) is 0 Å². The lowest BCUT2D eigenvalue weighted by atomic mass is 9.98. The van der Waals surface area contributed by atoms with Crippen molar-refractivity contribution in [3.63, 3.8) is 0 Å². The van der Waals surface area contributed by atoms with Gasteiger partial charge in [0.15, 0.2) is 0 Å². The molecule has 1 aliphatic rings. The lowest BCUT2D eigenvalue weighted by Gasteiger charge is -2.34. The zero-order valence-electron chi connectivity index (χ0n) is 20.4. The standard InChI is InChI=1S/C22H36ClN5O5S/c1-24(2)11-6-13-26(14-7-12-25(3)4)22(29)18-8-5-15-27(17-18)34(32,33)19-9-10-20(23)21(16-19)28(30)31/h9-10,16,18H,5-8,11-15,17H2,1-4H3. The first-order valence-corrected chi connectivity index (χ1v) is 13.3. The van der Waals surface area contributed by atoms with Crippen LogP contribution >= 0.6 is 11.6 Å². The van der Waals surface area contributed by atoms with E-state index in [1.54, 1.807) is 0 Å². The Kier molecular flexibility index (Phi) is 10.7. The van der Waals surface area contributed by atoms with Crippen LogP contribution in [0.25, 0.3) is 0 Å². The van der Waals surface area contributed by atoms with E-state index in [-0.39, 0.29) is 28.9 Å². The van der Waals surface area contributed by atoms with Crippen LogP contribution in [0.4, 0.5) is 5.69 Å². The van der Waals surface area contributed by atoms with Crippen LogP contribution in [0.15, 0.2) is 23.1 Å². The van der Waals surface area contributed by atoms with Crippen molar-refractivity contribution in [2.45, 2.75) is 30.6 Å². The Balaban J connectivity index is 2.16. The third-order valence-electron chi connectivity index (χ3n) is 5.86. The van der Waals surface area contributed by atoms with E-state index in [0.717, 1.165) is 32.0 Å². The quantitative estimate of drug-likeness (QED) is 0.309. The van der Waals surface area contributed by atoms with Crippen molar-refractivity contribution in [2.75, 3.05) is 67.5 Å². The molecule has 1 atom stereocenters. The molecule has 1 heterocycles. The topological polar surface area (TPSA) is 107 Å². The van der Waals surface area contributed by atoms with Crippen molar-refractivity contribution in [1.82, 2.24) is 19.0 Å². The Morgan fingerprint density at radius 2 is 1.71 bits per heavy atom. The van der Waals surface area contributed by atoms with Gasteiger partial charge in [-0.1, -0.05) is 11.6 Å². The first-order chi connectivity index (χ1) is 15.9. The van der Waals surface area contributed by atoms with Gasteiger partial charge in [-0.2, -0.15) is 4.31 Å². The average molecular weight is 518 g/mol. The van der Waals surface area contributed by atoms with Crippen molar-refractivity contribution >= 4 is 33.2 Å². The van der Waals surface area contributed by atoms with Crippen molar-refractivity contribution < 1.29 is 18.1 Å². The number of rotatable bonds is 12. The average Bonchev–Trinajstić information content (AvgIpc) is 2.77. The second-order valence-corrected chi connectivity index (χ2v) is 11.6. The third kappa shape index (κ3) is 7.88. The molecule has 0 aliphatic carbocycles. The highest BCUT2D eigenvalue weighted by atomic mass is 35.5. The molecule has 1 amide bonds. The van der Waals surface area contributed by atoms with Crippen LogP contribution in [0.5, 0.6) is 0 Å². The number of benzene rings is 1. The molecule has 1 aliphatic heterocycles. The summed E-state index contributed by atoms with van der Waals surface area (Å²) < 4.78 is 27.7. The van der Waals surface area contributed by atoms with Crippen LogP contribution < -0.4 is 0 Å². The van der Waals surface area contributed by atoms with Crippen molar-refractivity contribution in [3.05, 3.63) is 33.3 Å². The molecule has 1 fully saturated rings. The molecule has 0 radical (unpaired) electrons. The van der Waals surface area contributed by atoms with E-state index in [0.29, 0.717) is 25.9 Å². The van der Waals surface area contributed by atoms with E-state index >= 15 is 0 Å². The number of nitrogens with zero attached hydrogens (tertiary/aromatic N) is 5. The van der Waals surface area contributed by atoms with E-state index in [9.17, 15) is 23.3 Å². The number of amides is 1. The fraction of sp³-hybridized carbons (Fsp3) is 0.682. The van der Waals surface area contributed by atoms with E-state index in [1.165, 1.54) is 16.4 Å². The van der Waals surface area contributed by atoms with Crippen LogP contribution in [-0.4, -0.2) is 106 Å². The van der Waals surface area contributed by atoms with Gasteiger partial charge in [-0.15, -0.1) is 0 Å². The van der Waals surface area contributed by atoms with Gasteiger partial charge in [0.05, 0.1) is 15.7 Å². The lowest BCUT2D eigenvalue weighted by molar-refractivity contribution is -0.384. The summed E-state index contributed by atoms with van der Waals surface area (Å²) in [6.07, 6.45) is 2.84. The molecule has 12 heteroatoms. The van der Waals surface area contributed by atoms with Crippen LogP contribution in [-0.2, 0) is 14.8 Å². The molecule has 0 spiro atoms. The largest absolute Gasteiger partial charge is 0.342 e. The van der Waals surface area contributed by atoms with Gasteiger partial charge in [-0.3, -0.25) is 14.9 Å². The van der Waals surface area contributed by atoms with Gasteiger partial charge < -0.3 is 14.7 Å². The Labute approximate surface area is 207 Å². The van der Waals surface area contributed by atoms with Gasteiger partial charge in [-0.05, 0) is 79.1 Å². The maximum Gasteiger partial charge on any atom is 0.289 e. The Morgan fingerprint density at radius 3 is 2.24 bits per heavy atom. The molecule has 0 aromatic heterocycles. The lowest BCUT2D eigenvalue weighted by Crippen LogP contribution is -2.47. The molecular formula is C22H36ClN5O5S. The summed E-state index contributed by atoms with van der Waals surface area (Å²) in [6.45, 7) is 3.29. The van der Waals surface area contributed by atoms with Gasteiger partial charge in [0, 0.05) is 32.2 Å². The first-order valence-electron chi connectivity index (χ1n) is 11.5. The molecule has 0 N–H and O–H groups in total. The minimum atomic E-state index is -4.00. The highest BCUT2D eigenvalue weighted by Crippen LogP contribution is 2.30. The first kappa shape index (κ1) is 28.4. The normalized spacial score (nSPS) is 17.3. The summed E-state index contributed by atoms with van der Waals surface area (Å²) in [5.41, 5.74) is -0.458. The molecular weight excluding hydrogens is 482 g/mol. The van der Waals surface area contributed by atoms with Crippen LogP contribution in [0.2, 0.25) is 5.02 Å². The monoisotopic (exact) mass is 517 g/mol.